The van der Waals surface area contributed by atoms with Crippen LogP contribution < -0.4 is 10.6 Å². The molecule has 1 aromatic carbocycles. The van der Waals surface area contributed by atoms with Crippen LogP contribution >= 0.6 is 0 Å². The molecule has 2 amide bonds. The summed E-state index contributed by atoms with van der Waals surface area (Å²) >= 11 is 0. The van der Waals surface area contributed by atoms with Gasteiger partial charge >= 0.3 is 12.2 Å². The highest BCUT2D eigenvalue weighted by Crippen LogP contribution is 2.14. The maximum atomic E-state index is 11.3. The fourth-order valence-electron chi connectivity index (χ4n) is 1.10. The summed E-state index contributed by atoms with van der Waals surface area (Å²) in [6, 6.07) is 7.23. The molecule has 0 heterocycles. The van der Waals surface area contributed by atoms with Gasteiger partial charge < -0.3 is 10.5 Å². The third-order valence-corrected chi connectivity index (χ3v) is 1.85. The number of benzene rings is 1. The summed E-state index contributed by atoms with van der Waals surface area (Å²) in [5.41, 5.74) is 6.38. The first-order chi connectivity index (χ1) is 7.00. The van der Waals surface area contributed by atoms with Crippen molar-refractivity contribution < 1.29 is 14.3 Å². The van der Waals surface area contributed by atoms with Gasteiger partial charge in [-0.2, -0.15) is 0 Å². The molecule has 0 radical (unpaired) electrons. The van der Waals surface area contributed by atoms with Crippen LogP contribution in [0.15, 0.2) is 24.3 Å². The third kappa shape index (κ3) is 2.98. The molecule has 80 valence electrons. The average Bonchev–Trinajstić information content (AvgIpc) is 2.15. The number of rotatable bonds is 1. The summed E-state index contributed by atoms with van der Waals surface area (Å²) in [4.78, 5) is 22.8. The largest absolute Gasteiger partial charge is 0.423 e. The number of amides is 2. The Balaban J connectivity index is 2.80. The van der Waals surface area contributed by atoms with Crippen molar-refractivity contribution in [2.24, 2.45) is 5.73 Å². The molecule has 15 heavy (non-hydrogen) atoms. The number of nitrogens with two attached hydrogens (primary N) is 1. The zero-order valence-corrected chi connectivity index (χ0v) is 8.56. The molecule has 0 aromatic heterocycles. The second kappa shape index (κ2) is 4.45. The van der Waals surface area contributed by atoms with Crippen molar-refractivity contribution in [3.63, 3.8) is 0 Å². The van der Waals surface area contributed by atoms with E-state index in [1.807, 2.05) is 13.0 Å². The van der Waals surface area contributed by atoms with Crippen LogP contribution in [0.4, 0.5) is 15.3 Å². The van der Waals surface area contributed by atoms with Crippen molar-refractivity contribution in [3.05, 3.63) is 29.8 Å². The van der Waals surface area contributed by atoms with Crippen molar-refractivity contribution in [2.75, 3.05) is 11.9 Å². The smallest absolute Gasteiger partial charge is 0.359 e. The highest BCUT2D eigenvalue weighted by Gasteiger charge is 2.14. The van der Waals surface area contributed by atoms with E-state index in [0.717, 1.165) is 5.56 Å². The van der Waals surface area contributed by atoms with Crippen molar-refractivity contribution in [1.29, 1.82) is 0 Å². The van der Waals surface area contributed by atoms with E-state index in [2.05, 4.69) is 4.74 Å². The van der Waals surface area contributed by atoms with Crippen LogP contribution in [0.5, 0.6) is 0 Å². The Bertz CT molecular complexity index is 390. The molecule has 0 aliphatic heterocycles. The van der Waals surface area contributed by atoms with Gasteiger partial charge in [0, 0.05) is 12.7 Å². The van der Waals surface area contributed by atoms with Crippen molar-refractivity contribution in [2.45, 2.75) is 6.92 Å². The Morgan fingerprint density at radius 3 is 2.60 bits per heavy atom. The first-order valence-corrected chi connectivity index (χ1v) is 4.32. The Hall–Kier alpha value is -2.04. The fourth-order valence-corrected chi connectivity index (χ4v) is 1.10. The summed E-state index contributed by atoms with van der Waals surface area (Å²) in [5.74, 6) is 0. The molecule has 0 saturated heterocycles. The van der Waals surface area contributed by atoms with E-state index >= 15 is 0 Å². The summed E-state index contributed by atoms with van der Waals surface area (Å²) in [5, 5.41) is 0. The molecule has 0 unspecified atom stereocenters. The number of hydrogen-bond acceptors (Lipinski definition) is 3. The summed E-state index contributed by atoms with van der Waals surface area (Å²) in [6.07, 6.45) is -1.91. The van der Waals surface area contributed by atoms with Gasteiger partial charge in [0.2, 0.25) is 0 Å². The van der Waals surface area contributed by atoms with Gasteiger partial charge in [0.25, 0.3) is 0 Å². The molecule has 0 fully saturated rings. The number of carbonyl (C=O) groups excluding carboxylic acids is 2. The average molecular weight is 208 g/mol. The van der Waals surface area contributed by atoms with E-state index in [0.29, 0.717) is 5.69 Å². The number of aryl methyl sites for hydroxylation is 1. The zero-order valence-electron chi connectivity index (χ0n) is 8.56. The topological polar surface area (TPSA) is 72.6 Å². The number of hydrogen-bond donors (Lipinski definition) is 1. The van der Waals surface area contributed by atoms with E-state index in [9.17, 15) is 9.59 Å². The predicted molar refractivity (Wildman–Crippen MR) is 55.6 cm³/mol. The lowest BCUT2D eigenvalue weighted by molar-refractivity contribution is 0.163. The second-order valence-electron chi connectivity index (χ2n) is 3.09. The molecule has 5 heteroatoms. The number of nitrogens with zero attached hydrogens (tertiary/aromatic N) is 1. The molecular weight excluding hydrogens is 196 g/mol. The van der Waals surface area contributed by atoms with Crippen LogP contribution in [-0.4, -0.2) is 19.2 Å². The van der Waals surface area contributed by atoms with Gasteiger partial charge in [0.1, 0.15) is 0 Å². The molecule has 0 bridgehead atoms. The highest BCUT2D eigenvalue weighted by molar-refractivity contribution is 5.93. The summed E-state index contributed by atoms with van der Waals surface area (Å²) in [6.45, 7) is 1.90. The van der Waals surface area contributed by atoms with Crippen LogP contribution in [0.2, 0.25) is 0 Å². The monoisotopic (exact) mass is 208 g/mol. The van der Waals surface area contributed by atoms with Crippen LogP contribution in [0.1, 0.15) is 5.56 Å². The van der Waals surface area contributed by atoms with Gasteiger partial charge in [-0.15, -0.1) is 0 Å². The molecule has 5 nitrogen and oxygen atoms in total. The van der Waals surface area contributed by atoms with Crippen molar-refractivity contribution >= 4 is 17.9 Å². The number of primary amides is 1. The molecule has 0 spiro atoms. The Morgan fingerprint density at radius 2 is 2.07 bits per heavy atom. The lowest BCUT2D eigenvalue weighted by Gasteiger charge is -2.15. The van der Waals surface area contributed by atoms with E-state index in [1.165, 1.54) is 11.9 Å². The quantitative estimate of drug-likeness (QED) is 0.713. The first-order valence-electron chi connectivity index (χ1n) is 4.32. The van der Waals surface area contributed by atoms with E-state index in [1.54, 1.807) is 18.2 Å². The van der Waals surface area contributed by atoms with Crippen LogP contribution in [0, 0.1) is 6.92 Å². The molecule has 1 aromatic rings. The maximum Gasteiger partial charge on any atom is 0.423 e. The van der Waals surface area contributed by atoms with Gasteiger partial charge in [-0.25, -0.2) is 9.59 Å². The maximum absolute atomic E-state index is 11.3. The molecule has 1 rings (SSSR count). The standard InChI is InChI=1S/C10H12N2O3/c1-7-4-3-5-8(6-7)12(2)10(14)15-9(11)13/h3-6H,1-2H3,(H2,11,13). The molecule has 0 saturated carbocycles. The Labute approximate surface area is 87.4 Å². The predicted octanol–water partition coefficient (Wildman–Crippen LogP) is 1.65. The molecule has 0 aliphatic carbocycles. The fraction of sp³-hybridized carbons (Fsp3) is 0.200. The van der Waals surface area contributed by atoms with Crippen molar-refractivity contribution in [1.82, 2.24) is 0 Å². The molecular formula is C10H12N2O3. The molecule has 0 atom stereocenters. The minimum absolute atomic E-state index is 0.640. The van der Waals surface area contributed by atoms with Crippen LogP contribution in [0.25, 0.3) is 0 Å². The van der Waals surface area contributed by atoms with Gasteiger partial charge in [-0.05, 0) is 24.6 Å². The van der Waals surface area contributed by atoms with Gasteiger partial charge in [-0.1, -0.05) is 12.1 Å². The lowest BCUT2D eigenvalue weighted by Crippen LogP contribution is -2.31. The SMILES string of the molecule is Cc1cccc(N(C)C(=O)OC(N)=O)c1. The van der Waals surface area contributed by atoms with Gasteiger partial charge in [-0.3, -0.25) is 4.90 Å². The molecule has 2 N–H and O–H groups in total. The minimum Gasteiger partial charge on any atom is -0.359 e. The first kappa shape index (κ1) is 11.0. The van der Waals surface area contributed by atoms with Crippen molar-refractivity contribution in [3.8, 4) is 0 Å². The number of ether oxygens (including phenoxy) is 1. The van der Waals surface area contributed by atoms with E-state index in [-0.39, 0.29) is 0 Å². The summed E-state index contributed by atoms with van der Waals surface area (Å²) < 4.78 is 4.23. The normalized spacial score (nSPS) is 9.47. The Kier molecular flexibility index (Phi) is 3.28. The zero-order chi connectivity index (χ0) is 11.4. The second-order valence-corrected chi connectivity index (χ2v) is 3.09. The van der Waals surface area contributed by atoms with E-state index in [4.69, 9.17) is 5.73 Å². The third-order valence-electron chi connectivity index (χ3n) is 1.85. The molecule has 0 aliphatic rings. The van der Waals surface area contributed by atoms with Crippen LogP contribution in [0.3, 0.4) is 0 Å². The van der Waals surface area contributed by atoms with E-state index < -0.39 is 12.2 Å². The summed E-state index contributed by atoms with van der Waals surface area (Å²) in [7, 11) is 1.50. The number of carbonyl (C=O) groups is 2. The van der Waals surface area contributed by atoms with Crippen LogP contribution in [-0.2, 0) is 4.74 Å². The lowest BCUT2D eigenvalue weighted by atomic mass is 10.2. The van der Waals surface area contributed by atoms with Gasteiger partial charge in [0.15, 0.2) is 0 Å². The number of anilines is 1. The highest BCUT2D eigenvalue weighted by atomic mass is 16.6. The van der Waals surface area contributed by atoms with Gasteiger partial charge in [0.05, 0.1) is 0 Å². The minimum atomic E-state index is -1.11. The Morgan fingerprint density at radius 1 is 1.40 bits per heavy atom.